The first-order valence-corrected chi connectivity index (χ1v) is 9.08. The van der Waals surface area contributed by atoms with Gasteiger partial charge in [0, 0.05) is 4.47 Å². The third kappa shape index (κ3) is 4.28. The SMILES string of the molecule is COc1cc(Br)ccc1-n1nnc(C)c1[C@@H](Cc1ccccc1)NC(=O)O. The molecule has 1 aromatic heterocycles. The van der Waals surface area contributed by atoms with Gasteiger partial charge in [-0.3, -0.25) is 0 Å². The second kappa shape index (κ2) is 8.22. The Morgan fingerprint density at radius 1 is 1.30 bits per heavy atom. The lowest BCUT2D eigenvalue weighted by Gasteiger charge is -2.20. The van der Waals surface area contributed by atoms with Crippen molar-refractivity contribution in [1.29, 1.82) is 0 Å². The first-order valence-electron chi connectivity index (χ1n) is 8.29. The zero-order chi connectivity index (χ0) is 19.4. The summed E-state index contributed by atoms with van der Waals surface area (Å²) in [5, 5.41) is 20.4. The normalized spacial score (nSPS) is 11.8. The fourth-order valence-electron chi connectivity index (χ4n) is 2.98. The molecule has 0 saturated carbocycles. The molecule has 0 saturated heterocycles. The van der Waals surface area contributed by atoms with E-state index in [0.29, 0.717) is 29.2 Å². The van der Waals surface area contributed by atoms with Gasteiger partial charge in [-0.1, -0.05) is 51.5 Å². The molecule has 3 rings (SSSR count). The summed E-state index contributed by atoms with van der Waals surface area (Å²) in [6, 6.07) is 14.7. The van der Waals surface area contributed by atoms with E-state index in [0.717, 1.165) is 10.0 Å². The minimum atomic E-state index is -1.11. The van der Waals surface area contributed by atoms with E-state index in [2.05, 4.69) is 31.6 Å². The number of rotatable bonds is 6. The molecule has 0 fully saturated rings. The Hall–Kier alpha value is -2.87. The largest absolute Gasteiger partial charge is 0.494 e. The van der Waals surface area contributed by atoms with Crippen LogP contribution in [-0.4, -0.2) is 33.3 Å². The first-order chi connectivity index (χ1) is 13.0. The van der Waals surface area contributed by atoms with E-state index in [1.165, 1.54) is 0 Å². The number of nitrogens with zero attached hydrogens (tertiary/aromatic N) is 3. The molecule has 0 aliphatic rings. The highest BCUT2D eigenvalue weighted by molar-refractivity contribution is 9.10. The standard InChI is InChI=1S/C19H19BrN4O3/c1-12-18(15(21-19(25)26)10-13-6-4-3-5-7-13)24(23-22-12)16-9-8-14(20)11-17(16)27-2/h3-9,11,15,21H,10H2,1-2H3,(H,25,26)/t15-/m1/s1. The van der Waals surface area contributed by atoms with Gasteiger partial charge in [-0.2, -0.15) is 0 Å². The quantitative estimate of drug-likeness (QED) is 0.618. The first kappa shape index (κ1) is 18.9. The minimum Gasteiger partial charge on any atom is -0.494 e. The number of carbonyl (C=O) groups is 1. The summed E-state index contributed by atoms with van der Waals surface area (Å²) in [5.41, 5.74) is 3.00. The fourth-order valence-corrected chi connectivity index (χ4v) is 3.32. The van der Waals surface area contributed by atoms with Crippen molar-refractivity contribution in [3.05, 3.63) is 70.0 Å². The fraction of sp³-hybridized carbons (Fsp3) is 0.211. The molecule has 8 heteroatoms. The van der Waals surface area contributed by atoms with Crippen LogP contribution in [-0.2, 0) is 6.42 Å². The van der Waals surface area contributed by atoms with E-state index in [1.807, 2.05) is 55.5 Å². The van der Waals surface area contributed by atoms with E-state index in [-0.39, 0.29) is 0 Å². The zero-order valence-corrected chi connectivity index (χ0v) is 16.5. The smallest absolute Gasteiger partial charge is 0.405 e. The van der Waals surface area contributed by atoms with Crippen LogP contribution in [0.1, 0.15) is 23.0 Å². The van der Waals surface area contributed by atoms with Crippen LogP contribution >= 0.6 is 15.9 Å². The predicted molar refractivity (Wildman–Crippen MR) is 104 cm³/mol. The highest BCUT2D eigenvalue weighted by Gasteiger charge is 2.25. The van der Waals surface area contributed by atoms with Crippen molar-refractivity contribution in [2.24, 2.45) is 0 Å². The van der Waals surface area contributed by atoms with E-state index in [4.69, 9.17) is 4.74 Å². The minimum absolute atomic E-state index is 0.472. The number of amides is 1. The maximum absolute atomic E-state index is 11.4. The summed E-state index contributed by atoms with van der Waals surface area (Å²) in [7, 11) is 1.58. The highest BCUT2D eigenvalue weighted by atomic mass is 79.9. The molecule has 0 aliphatic carbocycles. The van der Waals surface area contributed by atoms with Crippen molar-refractivity contribution in [1.82, 2.24) is 20.3 Å². The lowest BCUT2D eigenvalue weighted by Crippen LogP contribution is -2.30. The Labute approximate surface area is 165 Å². The molecular weight excluding hydrogens is 412 g/mol. The number of carboxylic acid groups (broad SMARTS) is 1. The molecule has 1 amide bonds. The Balaban J connectivity index is 2.08. The van der Waals surface area contributed by atoms with E-state index in [9.17, 15) is 9.90 Å². The third-order valence-electron chi connectivity index (χ3n) is 4.16. The topological polar surface area (TPSA) is 89.3 Å². The maximum Gasteiger partial charge on any atom is 0.405 e. The number of aromatic nitrogens is 3. The average molecular weight is 431 g/mol. The maximum atomic E-state index is 11.4. The Morgan fingerprint density at radius 3 is 2.70 bits per heavy atom. The molecule has 1 heterocycles. The summed E-state index contributed by atoms with van der Waals surface area (Å²) in [5.74, 6) is 0.601. The summed E-state index contributed by atoms with van der Waals surface area (Å²) in [6.07, 6.45) is -0.633. The second-order valence-corrected chi connectivity index (χ2v) is 6.90. The molecule has 0 aliphatic heterocycles. The number of halogens is 1. The van der Waals surface area contributed by atoms with Gasteiger partial charge in [0.1, 0.15) is 11.4 Å². The molecule has 2 N–H and O–H groups in total. The van der Waals surface area contributed by atoms with Gasteiger partial charge >= 0.3 is 6.09 Å². The summed E-state index contributed by atoms with van der Waals surface area (Å²) >= 11 is 3.42. The lowest BCUT2D eigenvalue weighted by atomic mass is 10.0. The molecular formula is C19H19BrN4O3. The molecule has 1 atom stereocenters. The van der Waals surface area contributed by atoms with Crippen LogP contribution in [0.2, 0.25) is 0 Å². The Kier molecular flexibility index (Phi) is 5.75. The summed E-state index contributed by atoms with van der Waals surface area (Å²) in [4.78, 5) is 11.4. The number of aryl methyl sites for hydroxylation is 1. The average Bonchev–Trinajstić information content (AvgIpc) is 3.02. The zero-order valence-electron chi connectivity index (χ0n) is 14.9. The van der Waals surface area contributed by atoms with Gasteiger partial charge in [-0.05, 0) is 37.1 Å². The molecule has 2 aromatic carbocycles. The van der Waals surface area contributed by atoms with Crippen molar-refractivity contribution in [3.63, 3.8) is 0 Å². The molecule has 140 valence electrons. The van der Waals surface area contributed by atoms with Crippen LogP contribution in [0.25, 0.3) is 5.69 Å². The van der Waals surface area contributed by atoms with E-state index in [1.54, 1.807) is 11.8 Å². The van der Waals surface area contributed by atoms with Gasteiger partial charge in [0.05, 0.1) is 24.5 Å². The lowest BCUT2D eigenvalue weighted by molar-refractivity contribution is 0.189. The Morgan fingerprint density at radius 2 is 2.04 bits per heavy atom. The molecule has 0 spiro atoms. The summed E-state index contributed by atoms with van der Waals surface area (Å²) < 4.78 is 7.96. The number of hydrogen-bond acceptors (Lipinski definition) is 4. The van der Waals surface area contributed by atoms with Crippen molar-refractivity contribution >= 4 is 22.0 Å². The number of nitrogens with one attached hydrogen (secondary N) is 1. The van der Waals surface area contributed by atoms with Crippen molar-refractivity contribution in [2.75, 3.05) is 7.11 Å². The van der Waals surface area contributed by atoms with Gasteiger partial charge in [0.15, 0.2) is 0 Å². The van der Waals surface area contributed by atoms with Crippen LogP contribution in [0.3, 0.4) is 0 Å². The number of methoxy groups -OCH3 is 1. The number of ether oxygens (including phenoxy) is 1. The van der Waals surface area contributed by atoms with Crippen LogP contribution in [0.4, 0.5) is 4.79 Å². The van der Waals surface area contributed by atoms with Gasteiger partial charge < -0.3 is 15.2 Å². The van der Waals surface area contributed by atoms with Crippen molar-refractivity contribution in [2.45, 2.75) is 19.4 Å². The second-order valence-electron chi connectivity index (χ2n) is 5.98. The van der Waals surface area contributed by atoms with Crippen molar-refractivity contribution in [3.8, 4) is 11.4 Å². The monoisotopic (exact) mass is 430 g/mol. The predicted octanol–water partition coefficient (Wildman–Crippen LogP) is 3.90. The number of hydrogen-bond donors (Lipinski definition) is 2. The molecule has 7 nitrogen and oxygen atoms in total. The van der Waals surface area contributed by atoms with Gasteiger partial charge in [-0.15, -0.1) is 5.10 Å². The van der Waals surface area contributed by atoms with Gasteiger partial charge in [0.2, 0.25) is 0 Å². The molecule has 27 heavy (non-hydrogen) atoms. The third-order valence-corrected chi connectivity index (χ3v) is 4.66. The molecule has 0 unspecified atom stereocenters. The van der Waals surface area contributed by atoms with Gasteiger partial charge in [0.25, 0.3) is 0 Å². The highest BCUT2D eigenvalue weighted by Crippen LogP contribution is 2.30. The van der Waals surface area contributed by atoms with Crippen LogP contribution in [0.15, 0.2) is 53.0 Å². The van der Waals surface area contributed by atoms with Crippen LogP contribution in [0.5, 0.6) is 5.75 Å². The van der Waals surface area contributed by atoms with Crippen LogP contribution in [0, 0.1) is 6.92 Å². The van der Waals surface area contributed by atoms with Gasteiger partial charge in [-0.25, -0.2) is 9.48 Å². The number of benzene rings is 2. The molecule has 3 aromatic rings. The Bertz CT molecular complexity index is 943. The molecule has 0 bridgehead atoms. The molecule has 0 radical (unpaired) electrons. The van der Waals surface area contributed by atoms with Crippen molar-refractivity contribution < 1.29 is 14.6 Å². The summed E-state index contributed by atoms with van der Waals surface area (Å²) in [6.45, 7) is 1.81. The van der Waals surface area contributed by atoms with E-state index < -0.39 is 12.1 Å². The van der Waals surface area contributed by atoms with Crippen LogP contribution < -0.4 is 10.1 Å². The van der Waals surface area contributed by atoms with E-state index >= 15 is 0 Å².